The molecule has 1 unspecified atom stereocenters. The van der Waals surface area contributed by atoms with Crippen molar-refractivity contribution in [2.75, 3.05) is 41.8 Å². The van der Waals surface area contributed by atoms with Crippen LogP contribution in [0.1, 0.15) is 25.7 Å². The molecule has 1 aliphatic carbocycles. The molecule has 0 amide bonds. The first-order chi connectivity index (χ1) is 18.6. The van der Waals surface area contributed by atoms with Crippen molar-refractivity contribution in [1.29, 1.82) is 0 Å². The van der Waals surface area contributed by atoms with E-state index in [4.69, 9.17) is 16.3 Å². The topological polar surface area (TPSA) is 105 Å². The van der Waals surface area contributed by atoms with Crippen molar-refractivity contribution >= 4 is 45.6 Å². The van der Waals surface area contributed by atoms with E-state index in [9.17, 15) is 23.1 Å². The van der Waals surface area contributed by atoms with Crippen molar-refractivity contribution in [3.8, 4) is 5.75 Å². The summed E-state index contributed by atoms with van der Waals surface area (Å²) in [5.74, 6) is -2.79. The smallest absolute Gasteiger partial charge is 0.301 e. The molecule has 2 aliphatic heterocycles. The predicted molar refractivity (Wildman–Crippen MR) is 142 cm³/mol. The molecule has 0 bridgehead atoms. The number of pyridine rings is 1. The first kappa shape index (κ1) is 26.0. The summed E-state index contributed by atoms with van der Waals surface area (Å²) in [5.41, 5.74) is -0.763. The van der Waals surface area contributed by atoms with Crippen LogP contribution in [0.25, 0.3) is 10.9 Å². The average Bonchev–Trinajstić information content (AvgIpc) is 3.76. The number of hydrogen-bond donors (Lipinski definition) is 3. The number of fused-ring (bicyclic) bond motifs is 3. The van der Waals surface area contributed by atoms with Crippen LogP contribution in [0.5, 0.6) is 5.75 Å². The molecular weight excluding hydrogens is 537 g/mol. The summed E-state index contributed by atoms with van der Waals surface area (Å²) in [7, 11) is 1.57. The van der Waals surface area contributed by atoms with Gasteiger partial charge in [-0.25, -0.2) is 18.2 Å². The van der Waals surface area contributed by atoms with E-state index in [-0.39, 0.29) is 35.2 Å². The third-order valence-corrected chi connectivity index (χ3v) is 8.11. The quantitative estimate of drug-likeness (QED) is 0.423. The van der Waals surface area contributed by atoms with Crippen molar-refractivity contribution in [2.24, 2.45) is 13.0 Å². The number of aryl methyl sites for hydroxylation is 1. The van der Waals surface area contributed by atoms with Crippen LogP contribution < -0.4 is 25.8 Å². The second-order valence-corrected chi connectivity index (χ2v) is 11.0. The molecule has 1 saturated heterocycles. The van der Waals surface area contributed by atoms with Gasteiger partial charge < -0.3 is 29.9 Å². The average molecular weight is 565 g/mol. The van der Waals surface area contributed by atoms with Crippen LogP contribution in [0.3, 0.4) is 0 Å². The van der Waals surface area contributed by atoms with Crippen LogP contribution >= 0.6 is 11.6 Å². The van der Waals surface area contributed by atoms with Crippen LogP contribution in [0.15, 0.2) is 29.2 Å². The Hall–Kier alpha value is -3.25. The van der Waals surface area contributed by atoms with E-state index in [0.29, 0.717) is 54.3 Å². The zero-order valence-corrected chi connectivity index (χ0v) is 21.9. The molecule has 4 heterocycles. The fourth-order valence-electron chi connectivity index (χ4n) is 5.29. The summed E-state index contributed by atoms with van der Waals surface area (Å²) in [4.78, 5) is 23.7. The van der Waals surface area contributed by atoms with Crippen LogP contribution in [0, 0.1) is 5.92 Å². The summed E-state index contributed by atoms with van der Waals surface area (Å²) >= 11 is 6.39. The fraction of sp³-hybridized carbons (Fsp3) is 0.500. The van der Waals surface area contributed by atoms with Crippen LogP contribution in [-0.2, 0) is 7.05 Å². The number of nitrogens with one attached hydrogen (secondary N) is 2. The van der Waals surface area contributed by atoms with Gasteiger partial charge in [-0.2, -0.15) is 4.98 Å². The lowest BCUT2D eigenvalue weighted by molar-refractivity contribution is -0.0579. The second-order valence-electron chi connectivity index (χ2n) is 10.6. The molecule has 39 heavy (non-hydrogen) atoms. The molecule has 3 aromatic rings. The molecule has 0 radical (unpaired) electrons. The number of anilines is 4. The molecule has 2 fully saturated rings. The van der Waals surface area contributed by atoms with Gasteiger partial charge in [0.2, 0.25) is 11.7 Å². The van der Waals surface area contributed by atoms with Crippen LogP contribution in [-0.4, -0.2) is 63.6 Å². The van der Waals surface area contributed by atoms with Crippen molar-refractivity contribution in [1.82, 2.24) is 14.5 Å². The van der Waals surface area contributed by atoms with Crippen molar-refractivity contribution in [3.05, 3.63) is 39.8 Å². The zero-order valence-electron chi connectivity index (χ0n) is 21.2. The fourth-order valence-corrected chi connectivity index (χ4v) is 5.42. The van der Waals surface area contributed by atoms with Gasteiger partial charge in [0.1, 0.15) is 10.7 Å². The molecule has 13 heteroatoms. The summed E-state index contributed by atoms with van der Waals surface area (Å²) in [5, 5.41) is 16.2. The third kappa shape index (κ3) is 4.73. The minimum atomic E-state index is -3.13. The maximum atomic E-state index is 14.9. The van der Waals surface area contributed by atoms with Gasteiger partial charge in [0.15, 0.2) is 12.4 Å². The Balaban J connectivity index is 1.35. The summed E-state index contributed by atoms with van der Waals surface area (Å²) in [6, 6.07) is 4.04. The highest BCUT2D eigenvalue weighted by Crippen LogP contribution is 2.45. The van der Waals surface area contributed by atoms with Gasteiger partial charge in [-0.15, -0.1) is 0 Å². The molecule has 1 saturated carbocycles. The molecule has 208 valence electrons. The van der Waals surface area contributed by atoms with Crippen molar-refractivity contribution in [3.63, 3.8) is 0 Å². The Morgan fingerprint density at radius 2 is 2.00 bits per heavy atom. The molecule has 0 spiro atoms. The standard InChI is InChI=1S/C26H28ClF3N6O3/c1-35-18-5-4-15(32-22-17(27)11-31-24(34-22)36-8-6-25(28,12-37)7-9-36)10-16(18)19-20(23(35)38)39-13-26(29,30)21(33-19)14-2-3-14/h4-5,10-11,14,21,33,37H,2-3,6-9,12-13H2,1H3,(H,31,32,34). The van der Waals surface area contributed by atoms with Crippen molar-refractivity contribution < 1.29 is 23.0 Å². The monoisotopic (exact) mass is 564 g/mol. The van der Waals surface area contributed by atoms with E-state index >= 15 is 0 Å². The highest BCUT2D eigenvalue weighted by atomic mass is 35.5. The molecule has 9 nitrogen and oxygen atoms in total. The highest BCUT2D eigenvalue weighted by molar-refractivity contribution is 6.32. The van der Waals surface area contributed by atoms with Gasteiger partial charge in [0, 0.05) is 44.1 Å². The van der Waals surface area contributed by atoms with E-state index in [2.05, 4.69) is 20.6 Å². The number of nitrogens with zero attached hydrogens (tertiary/aromatic N) is 4. The maximum absolute atomic E-state index is 14.9. The molecule has 3 aliphatic rings. The van der Waals surface area contributed by atoms with E-state index < -0.39 is 36.4 Å². The highest BCUT2D eigenvalue weighted by Gasteiger charge is 2.51. The lowest BCUT2D eigenvalue weighted by atomic mass is 9.94. The van der Waals surface area contributed by atoms with E-state index in [0.717, 1.165) is 0 Å². The number of halogens is 4. The minimum Gasteiger partial charge on any atom is -0.480 e. The largest absolute Gasteiger partial charge is 0.480 e. The van der Waals surface area contributed by atoms with Crippen LogP contribution in [0.4, 0.5) is 36.3 Å². The van der Waals surface area contributed by atoms with Crippen LogP contribution in [0.2, 0.25) is 5.02 Å². The number of piperidine rings is 1. The molecule has 2 aromatic heterocycles. The number of alkyl halides is 3. The predicted octanol–water partition coefficient (Wildman–Crippen LogP) is 4.24. The number of ether oxygens (including phenoxy) is 1. The lowest BCUT2D eigenvalue weighted by Gasteiger charge is -2.35. The number of aromatic nitrogens is 3. The van der Waals surface area contributed by atoms with E-state index in [1.165, 1.54) is 10.8 Å². The number of rotatable bonds is 5. The maximum Gasteiger partial charge on any atom is 0.301 e. The Kier molecular flexibility index (Phi) is 6.29. The Morgan fingerprint density at radius 1 is 1.26 bits per heavy atom. The first-order valence-corrected chi connectivity index (χ1v) is 13.2. The SMILES string of the molecule is Cn1c(=O)c2c(c3cc(Nc4nc(N5CCC(F)(CO)CC5)ncc4Cl)ccc31)NC(C1CC1)C(F)(F)CO2. The van der Waals surface area contributed by atoms with Gasteiger partial charge in [0.25, 0.3) is 5.56 Å². The summed E-state index contributed by atoms with van der Waals surface area (Å²) in [6.45, 7) is -0.713. The first-order valence-electron chi connectivity index (χ1n) is 12.9. The Bertz CT molecular complexity index is 1490. The lowest BCUT2D eigenvalue weighted by Crippen LogP contribution is -2.44. The molecule has 1 atom stereocenters. The number of benzene rings is 1. The van der Waals surface area contributed by atoms with Crippen molar-refractivity contribution in [2.45, 2.75) is 43.3 Å². The third-order valence-electron chi connectivity index (χ3n) is 7.83. The normalized spacial score (nSPS) is 22.0. The summed E-state index contributed by atoms with van der Waals surface area (Å²) < 4.78 is 51.0. The molecular formula is C26H28ClF3N6O3. The molecule has 6 rings (SSSR count). The van der Waals surface area contributed by atoms with E-state index in [1.807, 2.05) is 4.90 Å². The van der Waals surface area contributed by atoms with Gasteiger partial charge in [-0.05, 0) is 37.0 Å². The Morgan fingerprint density at radius 3 is 2.69 bits per heavy atom. The minimum absolute atomic E-state index is 0.135. The number of hydrogen-bond acceptors (Lipinski definition) is 8. The van der Waals surface area contributed by atoms with Gasteiger partial charge in [-0.3, -0.25) is 4.79 Å². The second kappa shape index (κ2) is 9.44. The van der Waals surface area contributed by atoms with Gasteiger partial charge in [0.05, 0.1) is 30.0 Å². The summed E-state index contributed by atoms with van der Waals surface area (Å²) in [6.07, 6.45) is 3.14. The zero-order chi connectivity index (χ0) is 27.5. The molecule has 3 N–H and O–H groups in total. The number of aliphatic hydroxyl groups is 1. The van der Waals surface area contributed by atoms with Gasteiger partial charge >= 0.3 is 5.92 Å². The van der Waals surface area contributed by atoms with Gasteiger partial charge in [-0.1, -0.05) is 11.6 Å². The Labute approximate surface area is 226 Å². The molecule has 1 aromatic carbocycles. The van der Waals surface area contributed by atoms with E-state index in [1.54, 1.807) is 25.2 Å². The number of aliphatic hydroxyl groups excluding tert-OH is 1.